The molecule has 0 saturated heterocycles. The summed E-state index contributed by atoms with van der Waals surface area (Å²) in [5.41, 5.74) is 0.844. The van der Waals surface area contributed by atoms with E-state index in [4.69, 9.17) is 0 Å². The molecule has 0 aliphatic carbocycles. The number of rotatable bonds is 3. The zero-order valence-electron chi connectivity index (χ0n) is 9.27. The molecule has 2 aromatic rings. The Kier molecular flexibility index (Phi) is 3.59. The van der Waals surface area contributed by atoms with E-state index in [2.05, 4.69) is 21.0 Å². The average Bonchev–Trinajstić information content (AvgIpc) is 2.76. The maximum absolute atomic E-state index is 13.7. The van der Waals surface area contributed by atoms with Crippen LogP contribution in [0, 0.1) is 5.82 Å². The number of hydrogen-bond acceptors (Lipinski definition) is 2. The van der Waals surface area contributed by atoms with Gasteiger partial charge >= 0.3 is 0 Å². The molecule has 17 heavy (non-hydrogen) atoms. The maximum Gasteiger partial charge on any atom is 0.130 e. The molecule has 0 bridgehead atoms. The first-order valence-corrected chi connectivity index (χ1v) is 6.06. The summed E-state index contributed by atoms with van der Waals surface area (Å²) in [6.07, 6.45) is 2.28. The quantitative estimate of drug-likeness (QED) is 0.946. The zero-order valence-corrected chi connectivity index (χ0v) is 10.9. The van der Waals surface area contributed by atoms with Crippen LogP contribution >= 0.6 is 15.9 Å². The molecule has 0 amide bonds. The third-order valence-electron chi connectivity index (χ3n) is 2.55. The van der Waals surface area contributed by atoms with E-state index in [0.717, 1.165) is 6.54 Å². The fourth-order valence-electron chi connectivity index (χ4n) is 1.60. The van der Waals surface area contributed by atoms with Crippen LogP contribution < -0.4 is 0 Å². The van der Waals surface area contributed by atoms with Crippen LogP contribution in [0.25, 0.3) is 0 Å². The molecule has 0 radical (unpaired) electrons. The van der Waals surface area contributed by atoms with Gasteiger partial charge in [0.25, 0.3) is 0 Å². The van der Waals surface area contributed by atoms with Gasteiger partial charge in [0.05, 0.1) is 6.20 Å². The Morgan fingerprint density at radius 2 is 2.29 bits per heavy atom. The highest BCUT2D eigenvalue weighted by Crippen LogP contribution is 2.25. The normalized spacial score (nSPS) is 12.7. The summed E-state index contributed by atoms with van der Waals surface area (Å²) in [5, 5.41) is 14.1. The Balaban J connectivity index is 2.33. The molecule has 90 valence electrons. The lowest BCUT2D eigenvalue weighted by atomic mass is 10.0. The Bertz CT molecular complexity index is 527. The highest BCUT2D eigenvalue weighted by atomic mass is 79.9. The number of aliphatic hydroxyl groups is 1. The van der Waals surface area contributed by atoms with Crippen molar-refractivity contribution < 1.29 is 9.50 Å². The van der Waals surface area contributed by atoms with Crippen LogP contribution in [0.15, 0.2) is 35.1 Å². The van der Waals surface area contributed by atoms with Crippen LogP contribution in [-0.4, -0.2) is 14.9 Å². The highest BCUT2D eigenvalue weighted by molar-refractivity contribution is 9.10. The summed E-state index contributed by atoms with van der Waals surface area (Å²) in [4.78, 5) is 0. The number of nitrogens with zero attached hydrogens (tertiary/aromatic N) is 2. The predicted molar refractivity (Wildman–Crippen MR) is 66.1 cm³/mol. The predicted octanol–water partition coefficient (Wildman–Crippen LogP) is 2.89. The minimum Gasteiger partial charge on any atom is -0.383 e. The summed E-state index contributed by atoms with van der Waals surface area (Å²) in [6, 6.07) is 4.60. The molecule has 1 aromatic carbocycles. The molecule has 1 N–H and O–H groups in total. The standard InChI is InChI=1S/C12H12BrFN2O/c1-2-16-7-8(6-15-16)12(17)10-4-3-9(13)5-11(10)14/h3-7,12,17H,2H2,1H3. The second kappa shape index (κ2) is 4.98. The van der Waals surface area contributed by atoms with Crippen molar-refractivity contribution in [2.45, 2.75) is 19.6 Å². The Morgan fingerprint density at radius 1 is 1.53 bits per heavy atom. The van der Waals surface area contributed by atoms with Crippen molar-refractivity contribution in [3.63, 3.8) is 0 Å². The van der Waals surface area contributed by atoms with Crippen molar-refractivity contribution in [1.29, 1.82) is 0 Å². The first-order valence-electron chi connectivity index (χ1n) is 5.27. The van der Waals surface area contributed by atoms with E-state index >= 15 is 0 Å². The van der Waals surface area contributed by atoms with E-state index in [0.29, 0.717) is 10.0 Å². The average molecular weight is 299 g/mol. The summed E-state index contributed by atoms with van der Waals surface area (Å²) >= 11 is 3.18. The smallest absolute Gasteiger partial charge is 0.130 e. The van der Waals surface area contributed by atoms with Crippen LogP contribution in [-0.2, 0) is 6.54 Å². The number of aryl methyl sites for hydroxylation is 1. The Labute approximate surface area is 107 Å². The second-order valence-corrected chi connectivity index (χ2v) is 4.61. The molecule has 0 saturated carbocycles. The van der Waals surface area contributed by atoms with Gasteiger partial charge in [-0.2, -0.15) is 5.10 Å². The maximum atomic E-state index is 13.7. The molecule has 3 nitrogen and oxygen atoms in total. The van der Waals surface area contributed by atoms with E-state index in [1.165, 1.54) is 6.07 Å². The van der Waals surface area contributed by atoms with Crippen LogP contribution in [0.2, 0.25) is 0 Å². The summed E-state index contributed by atoms with van der Waals surface area (Å²) in [7, 11) is 0. The van der Waals surface area contributed by atoms with Crippen molar-refractivity contribution in [2.75, 3.05) is 0 Å². The van der Waals surface area contributed by atoms with Gasteiger partial charge in [-0.15, -0.1) is 0 Å². The van der Waals surface area contributed by atoms with Crippen LogP contribution in [0.4, 0.5) is 4.39 Å². The van der Waals surface area contributed by atoms with Crippen molar-refractivity contribution >= 4 is 15.9 Å². The van der Waals surface area contributed by atoms with Gasteiger partial charge in [0.2, 0.25) is 0 Å². The van der Waals surface area contributed by atoms with Crippen LogP contribution in [0.3, 0.4) is 0 Å². The van der Waals surface area contributed by atoms with Gasteiger partial charge in [0, 0.05) is 28.3 Å². The van der Waals surface area contributed by atoms with Crippen molar-refractivity contribution in [1.82, 2.24) is 9.78 Å². The molecule has 0 aliphatic heterocycles. The molecule has 1 aromatic heterocycles. The third kappa shape index (κ3) is 2.56. The zero-order chi connectivity index (χ0) is 12.4. The molecule has 1 heterocycles. The van der Waals surface area contributed by atoms with E-state index in [9.17, 15) is 9.50 Å². The first kappa shape index (κ1) is 12.3. The lowest BCUT2D eigenvalue weighted by Gasteiger charge is -2.10. The summed E-state index contributed by atoms with van der Waals surface area (Å²) in [6.45, 7) is 2.67. The second-order valence-electron chi connectivity index (χ2n) is 3.70. The van der Waals surface area contributed by atoms with Gasteiger partial charge in [0.15, 0.2) is 0 Å². The molecule has 0 spiro atoms. The number of aromatic nitrogens is 2. The molecule has 0 aliphatic rings. The Hall–Kier alpha value is -1.20. The molecule has 1 unspecified atom stereocenters. The van der Waals surface area contributed by atoms with E-state index in [1.807, 2.05) is 6.92 Å². The molecule has 2 rings (SSSR count). The van der Waals surface area contributed by atoms with Crippen molar-refractivity contribution in [3.05, 3.63) is 52.0 Å². The summed E-state index contributed by atoms with van der Waals surface area (Å²) in [5.74, 6) is -0.434. The molecular formula is C12H12BrFN2O. The minimum atomic E-state index is -0.983. The van der Waals surface area contributed by atoms with Crippen molar-refractivity contribution in [3.8, 4) is 0 Å². The van der Waals surface area contributed by atoms with Crippen molar-refractivity contribution in [2.24, 2.45) is 0 Å². The largest absolute Gasteiger partial charge is 0.383 e. The minimum absolute atomic E-state index is 0.254. The van der Waals surface area contributed by atoms with Gasteiger partial charge in [-0.3, -0.25) is 4.68 Å². The lowest BCUT2D eigenvalue weighted by Crippen LogP contribution is -2.01. The van der Waals surface area contributed by atoms with Gasteiger partial charge < -0.3 is 5.11 Å². The van der Waals surface area contributed by atoms with E-state index in [-0.39, 0.29) is 5.56 Å². The number of aliphatic hydroxyl groups excluding tert-OH is 1. The van der Waals surface area contributed by atoms with Gasteiger partial charge in [-0.25, -0.2) is 4.39 Å². The monoisotopic (exact) mass is 298 g/mol. The first-order chi connectivity index (χ1) is 8.11. The van der Waals surface area contributed by atoms with Gasteiger partial charge in [0.1, 0.15) is 11.9 Å². The lowest BCUT2D eigenvalue weighted by molar-refractivity contribution is 0.215. The van der Waals surface area contributed by atoms with E-state index < -0.39 is 11.9 Å². The molecule has 1 atom stereocenters. The summed E-state index contributed by atoms with van der Waals surface area (Å²) < 4.78 is 16.0. The SMILES string of the molecule is CCn1cc(C(O)c2ccc(Br)cc2F)cn1. The highest BCUT2D eigenvalue weighted by Gasteiger charge is 2.16. The fraction of sp³-hybridized carbons (Fsp3) is 0.250. The molecule has 0 fully saturated rings. The molecular weight excluding hydrogens is 287 g/mol. The van der Waals surface area contributed by atoms with E-state index in [1.54, 1.807) is 29.2 Å². The van der Waals surface area contributed by atoms with Gasteiger partial charge in [-0.05, 0) is 19.1 Å². The number of benzene rings is 1. The Morgan fingerprint density at radius 3 is 2.88 bits per heavy atom. The van der Waals surface area contributed by atoms with Crippen LogP contribution in [0.5, 0.6) is 0 Å². The number of halogens is 2. The topological polar surface area (TPSA) is 38.0 Å². The fourth-order valence-corrected chi connectivity index (χ4v) is 1.93. The van der Waals surface area contributed by atoms with Gasteiger partial charge in [-0.1, -0.05) is 22.0 Å². The van der Waals surface area contributed by atoms with Crippen LogP contribution in [0.1, 0.15) is 24.2 Å². The number of hydrogen-bond donors (Lipinski definition) is 1. The third-order valence-corrected chi connectivity index (χ3v) is 3.04. The molecule has 5 heteroatoms.